The Morgan fingerprint density at radius 2 is 1.89 bits per heavy atom. The number of nitrogens with one attached hydrogen (secondary N) is 2. The van der Waals surface area contributed by atoms with Crippen molar-refractivity contribution in [2.45, 2.75) is 26.8 Å². The lowest BCUT2D eigenvalue weighted by molar-refractivity contribution is 0.432. The minimum absolute atomic E-state index is 0. The van der Waals surface area contributed by atoms with Crippen molar-refractivity contribution >= 4 is 44.8 Å². The van der Waals surface area contributed by atoms with E-state index >= 15 is 0 Å². The highest BCUT2D eigenvalue weighted by Crippen LogP contribution is 2.33. The van der Waals surface area contributed by atoms with Gasteiger partial charge in [-0.1, -0.05) is 25.1 Å². The Morgan fingerprint density at radius 3 is 2.60 bits per heavy atom. The molecule has 4 rings (SSSR count). The number of benzene rings is 2. The van der Waals surface area contributed by atoms with Gasteiger partial charge in [0.25, 0.3) is 0 Å². The molecule has 35 heavy (non-hydrogen) atoms. The lowest BCUT2D eigenvalue weighted by atomic mass is 10.0. The Kier molecular flexibility index (Phi) is 7.86. The van der Waals surface area contributed by atoms with Crippen LogP contribution in [-0.2, 0) is 23.0 Å². The third-order valence-electron chi connectivity index (χ3n) is 5.83. The van der Waals surface area contributed by atoms with Crippen molar-refractivity contribution in [1.29, 1.82) is 0 Å². The number of aromatic amines is 1. The number of anilines is 2. The van der Waals surface area contributed by atoms with Gasteiger partial charge in [-0.05, 0) is 48.7 Å². The van der Waals surface area contributed by atoms with E-state index in [9.17, 15) is 17.9 Å². The van der Waals surface area contributed by atoms with E-state index in [1.54, 1.807) is 31.3 Å². The highest BCUT2D eigenvalue weighted by atomic mass is 35.5. The largest absolute Gasteiger partial charge is 0.505 e. The van der Waals surface area contributed by atoms with Crippen molar-refractivity contribution in [2.75, 3.05) is 22.4 Å². The number of para-hydroxylation sites is 1. The van der Waals surface area contributed by atoms with Crippen molar-refractivity contribution in [2.24, 2.45) is 0 Å². The van der Waals surface area contributed by atoms with Crippen LogP contribution in [0.4, 0.5) is 15.9 Å². The summed E-state index contributed by atoms with van der Waals surface area (Å²) < 4.78 is 40.3. The summed E-state index contributed by atoms with van der Waals surface area (Å²) in [7, 11) is -1.88. The van der Waals surface area contributed by atoms with E-state index in [2.05, 4.69) is 15.5 Å². The molecule has 8 nitrogen and oxygen atoms in total. The summed E-state index contributed by atoms with van der Waals surface area (Å²) in [4.78, 5) is 4.73. The van der Waals surface area contributed by atoms with Crippen molar-refractivity contribution in [3.63, 3.8) is 0 Å². The van der Waals surface area contributed by atoms with Crippen LogP contribution >= 0.6 is 12.4 Å². The number of H-pyrrole nitrogens is 1. The first kappa shape index (κ1) is 26.2. The Labute approximate surface area is 209 Å². The first-order valence-electron chi connectivity index (χ1n) is 10.9. The van der Waals surface area contributed by atoms with Crippen LogP contribution in [0, 0.1) is 5.82 Å². The number of aromatic nitrogens is 3. The number of aromatic hydroxyl groups is 1. The first-order valence-corrected chi connectivity index (χ1v) is 12.5. The summed E-state index contributed by atoms with van der Waals surface area (Å²) >= 11 is 0. The van der Waals surface area contributed by atoms with Crippen LogP contribution in [0.25, 0.3) is 22.2 Å². The van der Waals surface area contributed by atoms with Crippen LogP contribution in [0.5, 0.6) is 5.75 Å². The fraction of sp³-hybridized carbons (Fsp3) is 0.250. The minimum atomic E-state index is -3.42. The molecular weight excluding hydrogens is 493 g/mol. The SMILES string of the molecule is CCc1cc(O)c(F)cc1-c1cc2[nH]ncc2c(NCc2ccccc2N(C)S(=O)(=O)CC)n1.Cl. The van der Waals surface area contributed by atoms with E-state index in [1.165, 1.54) is 23.5 Å². The number of halogens is 2. The molecular formula is C24H27ClFN5O3S. The lowest BCUT2D eigenvalue weighted by Crippen LogP contribution is -2.29. The van der Waals surface area contributed by atoms with Crippen molar-refractivity contribution in [3.8, 4) is 17.0 Å². The second kappa shape index (κ2) is 10.5. The molecule has 0 aliphatic carbocycles. The Hall–Kier alpha value is -3.37. The predicted molar refractivity (Wildman–Crippen MR) is 139 cm³/mol. The molecule has 0 saturated heterocycles. The Morgan fingerprint density at radius 1 is 1.14 bits per heavy atom. The van der Waals surface area contributed by atoms with E-state index in [4.69, 9.17) is 4.98 Å². The highest BCUT2D eigenvalue weighted by molar-refractivity contribution is 7.92. The maximum absolute atomic E-state index is 14.2. The van der Waals surface area contributed by atoms with Gasteiger partial charge in [-0.15, -0.1) is 12.4 Å². The Balaban J connectivity index is 0.00000342. The molecule has 11 heteroatoms. The molecule has 3 N–H and O–H groups in total. The van der Waals surface area contributed by atoms with Gasteiger partial charge in [0.1, 0.15) is 5.82 Å². The van der Waals surface area contributed by atoms with Crippen molar-refractivity contribution in [1.82, 2.24) is 15.2 Å². The molecule has 186 valence electrons. The van der Waals surface area contributed by atoms with Gasteiger partial charge in [-0.25, -0.2) is 17.8 Å². The zero-order valence-corrected chi connectivity index (χ0v) is 21.2. The van der Waals surface area contributed by atoms with Gasteiger partial charge in [0, 0.05) is 19.2 Å². The fourth-order valence-electron chi connectivity index (χ4n) is 3.84. The number of hydrogen-bond acceptors (Lipinski definition) is 6. The molecule has 0 radical (unpaired) electrons. The van der Waals surface area contributed by atoms with Gasteiger partial charge < -0.3 is 10.4 Å². The summed E-state index contributed by atoms with van der Waals surface area (Å²) in [5, 5.41) is 20.9. The van der Waals surface area contributed by atoms with E-state index in [1.807, 2.05) is 19.1 Å². The molecule has 0 bridgehead atoms. The van der Waals surface area contributed by atoms with Crippen molar-refractivity contribution in [3.05, 3.63) is 65.6 Å². The third kappa shape index (κ3) is 5.18. The summed E-state index contributed by atoms with van der Waals surface area (Å²) in [5.74, 6) is -0.604. The number of sulfonamides is 1. The molecule has 0 atom stereocenters. The summed E-state index contributed by atoms with van der Waals surface area (Å²) in [6, 6.07) is 11.7. The molecule has 0 saturated carbocycles. The van der Waals surface area contributed by atoms with Crippen LogP contribution in [0.15, 0.2) is 48.7 Å². The van der Waals surface area contributed by atoms with E-state index < -0.39 is 21.6 Å². The second-order valence-electron chi connectivity index (χ2n) is 7.85. The first-order chi connectivity index (χ1) is 16.2. The maximum atomic E-state index is 14.2. The van der Waals surface area contributed by atoms with E-state index in [-0.39, 0.29) is 18.2 Å². The second-order valence-corrected chi connectivity index (χ2v) is 10.1. The number of rotatable bonds is 8. The van der Waals surface area contributed by atoms with Crippen LogP contribution in [0.2, 0.25) is 0 Å². The number of pyridine rings is 1. The van der Waals surface area contributed by atoms with E-state index in [0.717, 1.165) is 16.5 Å². The standard InChI is InChI=1S/C24H26FN5O3S.ClH/c1-4-15-10-23(31)19(25)11-17(15)20-12-21-18(14-27-29-21)24(28-20)26-13-16-8-6-7-9-22(16)30(3)34(32,33)5-2;/h6-12,14,31H,4-5,13H2,1-3H3,(H,26,28)(H,27,29);1H. The number of phenolic OH excluding ortho intramolecular Hbond substituents is 1. The molecule has 0 spiro atoms. The number of nitrogens with zero attached hydrogens (tertiary/aromatic N) is 3. The molecule has 0 unspecified atom stereocenters. The zero-order chi connectivity index (χ0) is 24.5. The molecule has 0 amide bonds. The molecule has 0 aliphatic heterocycles. The number of aryl methyl sites for hydroxylation is 1. The lowest BCUT2D eigenvalue weighted by Gasteiger charge is -2.22. The average Bonchev–Trinajstić information content (AvgIpc) is 3.32. The minimum Gasteiger partial charge on any atom is -0.505 e. The van der Waals surface area contributed by atoms with Crippen LogP contribution in [0.1, 0.15) is 25.0 Å². The molecule has 0 fully saturated rings. The fourth-order valence-corrected chi connectivity index (χ4v) is 4.71. The monoisotopic (exact) mass is 519 g/mol. The van der Waals surface area contributed by atoms with Gasteiger partial charge in [-0.2, -0.15) is 5.10 Å². The highest BCUT2D eigenvalue weighted by Gasteiger charge is 2.19. The molecule has 0 aliphatic rings. The molecule has 2 heterocycles. The topological polar surface area (TPSA) is 111 Å². The number of phenols is 1. The quantitative estimate of drug-likeness (QED) is 0.307. The van der Waals surface area contributed by atoms with Crippen LogP contribution in [-0.4, -0.2) is 41.5 Å². The normalized spacial score (nSPS) is 11.3. The molecule has 2 aromatic heterocycles. The van der Waals surface area contributed by atoms with Gasteiger partial charge >= 0.3 is 0 Å². The van der Waals surface area contributed by atoms with Crippen LogP contribution < -0.4 is 9.62 Å². The summed E-state index contributed by atoms with van der Waals surface area (Å²) in [6.45, 7) is 3.83. The van der Waals surface area contributed by atoms with Crippen molar-refractivity contribution < 1.29 is 17.9 Å². The van der Waals surface area contributed by atoms with E-state index in [0.29, 0.717) is 41.2 Å². The summed E-state index contributed by atoms with van der Waals surface area (Å²) in [6.07, 6.45) is 2.23. The summed E-state index contributed by atoms with van der Waals surface area (Å²) in [5.41, 5.74) is 3.91. The smallest absolute Gasteiger partial charge is 0.234 e. The number of fused-ring (bicyclic) bond motifs is 1. The van der Waals surface area contributed by atoms with Gasteiger partial charge in [-0.3, -0.25) is 9.40 Å². The average molecular weight is 520 g/mol. The Bertz CT molecular complexity index is 1460. The zero-order valence-electron chi connectivity index (χ0n) is 19.5. The predicted octanol–water partition coefficient (Wildman–Crippen LogP) is 4.85. The molecule has 2 aromatic carbocycles. The van der Waals surface area contributed by atoms with Crippen LogP contribution in [0.3, 0.4) is 0 Å². The third-order valence-corrected chi connectivity index (χ3v) is 7.59. The van der Waals surface area contributed by atoms with Gasteiger partial charge in [0.15, 0.2) is 11.6 Å². The van der Waals surface area contributed by atoms with Gasteiger partial charge in [0.05, 0.1) is 34.2 Å². The maximum Gasteiger partial charge on any atom is 0.234 e. The number of hydrogen-bond donors (Lipinski definition) is 3. The van der Waals surface area contributed by atoms with Gasteiger partial charge in [0.2, 0.25) is 10.0 Å². The molecule has 4 aromatic rings.